The van der Waals surface area contributed by atoms with Crippen LogP contribution >= 0.6 is 11.6 Å². The van der Waals surface area contributed by atoms with Crippen LogP contribution in [0.15, 0.2) is 42.5 Å². The quantitative estimate of drug-likeness (QED) is 0.750. The minimum absolute atomic E-state index is 0.0999. The predicted molar refractivity (Wildman–Crippen MR) is 98.9 cm³/mol. The molecule has 1 amide bonds. The highest BCUT2D eigenvalue weighted by Crippen LogP contribution is 2.19. The van der Waals surface area contributed by atoms with E-state index in [2.05, 4.69) is 15.6 Å². The van der Waals surface area contributed by atoms with Gasteiger partial charge in [-0.05, 0) is 48.7 Å². The number of nitrogen functional groups attached to an aromatic ring is 1. The molecular weight excluding hydrogens is 338 g/mol. The minimum atomic E-state index is -0.386. The second-order valence-electron chi connectivity index (χ2n) is 5.88. The summed E-state index contributed by atoms with van der Waals surface area (Å²) in [6.45, 7) is 4.27. The average Bonchev–Trinajstić information content (AvgIpc) is 2.92. The number of nitrogens with two attached hydrogens (primary N) is 1. The molecule has 2 aromatic carbocycles. The van der Waals surface area contributed by atoms with Gasteiger partial charge in [-0.25, -0.2) is 4.68 Å². The summed E-state index contributed by atoms with van der Waals surface area (Å²) in [4.78, 5) is 12.5. The van der Waals surface area contributed by atoms with Crippen LogP contribution in [0.1, 0.15) is 27.2 Å². The van der Waals surface area contributed by atoms with E-state index < -0.39 is 0 Å². The highest BCUT2D eigenvalue weighted by Gasteiger charge is 2.18. The normalized spacial score (nSPS) is 10.7. The fourth-order valence-corrected chi connectivity index (χ4v) is 2.67. The van der Waals surface area contributed by atoms with E-state index in [4.69, 9.17) is 17.3 Å². The van der Waals surface area contributed by atoms with Crippen LogP contribution in [0.2, 0.25) is 5.02 Å². The van der Waals surface area contributed by atoms with Crippen molar-refractivity contribution in [1.82, 2.24) is 15.0 Å². The Morgan fingerprint density at radius 1 is 1.24 bits per heavy atom. The molecule has 0 atom stereocenters. The molecule has 0 saturated carbocycles. The fraction of sp³-hybridized carbons (Fsp3) is 0.167. The summed E-state index contributed by atoms with van der Waals surface area (Å²) in [6, 6.07) is 13.2. The van der Waals surface area contributed by atoms with Gasteiger partial charge in [-0.1, -0.05) is 41.1 Å². The number of benzene rings is 2. The van der Waals surface area contributed by atoms with Gasteiger partial charge < -0.3 is 11.1 Å². The summed E-state index contributed by atoms with van der Waals surface area (Å²) in [5, 5.41) is 11.4. The molecule has 3 N–H and O–H groups in total. The molecule has 1 aromatic heterocycles. The van der Waals surface area contributed by atoms with Crippen molar-refractivity contribution < 1.29 is 4.79 Å². The highest BCUT2D eigenvalue weighted by atomic mass is 35.5. The molecule has 0 bridgehead atoms. The van der Waals surface area contributed by atoms with E-state index in [1.165, 1.54) is 4.68 Å². The van der Waals surface area contributed by atoms with E-state index >= 15 is 0 Å². The first-order valence-corrected chi connectivity index (χ1v) is 8.14. The Morgan fingerprint density at radius 3 is 2.80 bits per heavy atom. The Bertz CT molecular complexity index is 935. The number of carbonyl (C=O) groups is 1. The molecule has 1 heterocycles. The zero-order chi connectivity index (χ0) is 18.0. The molecule has 0 aliphatic heterocycles. The third-order valence-electron chi connectivity index (χ3n) is 3.85. The lowest BCUT2D eigenvalue weighted by Crippen LogP contribution is -2.16. The smallest absolute Gasteiger partial charge is 0.280 e. The zero-order valence-corrected chi connectivity index (χ0v) is 14.7. The number of anilines is 2. The summed E-state index contributed by atoms with van der Waals surface area (Å²) in [5.41, 5.74) is 9.82. The number of halogens is 1. The molecule has 3 rings (SSSR count). The number of aromatic nitrogens is 3. The van der Waals surface area contributed by atoms with Crippen LogP contribution < -0.4 is 11.1 Å². The summed E-state index contributed by atoms with van der Waals surface area (Å²) in [5.74, 6) is -0.175. The van der Waals surface area contributed by atoms with Crippen molar-refractivity contribution in [2.24, 2.45) is 0 Å². The van der Waals surface area contributed by atoms with Gasteiger partial charge in [0.1, 0.15) is 0 Å². The van der Waals surface area contributed by atoms with Crippen molar-refractivity contribution in [3.05, 3.63) is 69.9 Å². The van der Waals surface area contributed by atoms with Crippen molar-refractivity contribution in [3.63, 3.8) is 0 Å². The van der Waals surface area contributed by atoms with Gasteiger partial charge in [-0.3, -0.25) is 4.79 Å². The molecule has 25 heavy (non-hydrogen) atoms. The number of aryl methyl sites for hydroxylation is 2. The third-order valence-corrected chi connectivity index (χ3v) is 4.09. The van der Waals surface area contributed by atoms with Gasteiger partial charge >= 0.3 is 0 Å². The second kappa shape index (κ2) is 6.94. The van der Waals surface area contributed by atoms with E-state index in [-0.39, 0.29) is 17.4 Å². The molecule has 6 nitrogen and oxygen atoms in total. The van der Waals surface area contributed by atoms with Gasteiger partial charge in [-0.15, -0.1) is 5.10 Å². The van der Waals surface area contributed by atoms with Crippen LogP contribution in [0, 0.1) is 13.8 Å². The first kappa shape index (κ1) is 17.0. The maximum absolute atomic E-state index is 12.5. The van der Waals surface area contributed by atoms with Crippen LogP contribution in [0.5, 0.6) is 0 Å². The second-order valence-corrected chi connectivity index (χ2v) is 6.32. The summed E-state index contributed by atoms with van der Waals surface area (Å²) >= 11 is 5.98. The van der Waals surface area contributed by atoms with E-state index in [9.17, 15) is 4.79 Å². The number of hydrogen-bond donors (Lipinski definition) is 2. The van der Waals surface area contributed by atoms with E-state index in [0.717, 1.165) is 22.4 Å². The molecule has 0 aliphatic rings. The van der Waals surface area contributed by atoms with Gasteiger partial charge in [0.2, 0.25) is 0 Å². The lowest BCUT2D eigenvalue weighted by atomic mass is 10.1. The van der Waals surface area contributed by atoms with Gasteiger partial charge in [0.25, 0.3) is 5.91 Å². The Kier molecular flexibility index (Phi) is 4.72. The fourth-order valence-electron chi connectivity index (χ4n) is 2.46. The van der Waals surface area contributed by atoms with Crippen molar-refractivity contribution in [2.45, 2.75) is 20.4 Å². The number of carbonyl (C=O) groups excluding carboxylic acids is 1. The Balaban J connectivity index is 1.80. The molecule has 0 spiro atoms. The number of nitrogens with zero attached hydrogens (tertiary/aromatic N) is 3. The predicted octanol–water partition coefficient (Wildman–Crippen LogP) is 3.43. The molecule has 0 radical (unpaired) electrons. The topological polar surface area (TPSA) is 85.8 Å². The molecule has 7 heteroatoms. The minimum Gasteiger partial charge on any atom is -0.382 e. The largest absolute Gasteiger partial charge is 0.382 e. The Hall–Kier alpha value is -2.86. The Labute approximate surface area is 150 Å². The average molecular weight is 356 g/mol. The molecule has 0 fully saturated rings. The molecular formula is C18H18ClN5O. The van der Waals surface area contributed by atoms with Crippen LogP contribution in [-0.4, -0.2) is 20.9 Å². The maximum atomic E-state index is 12.5. The summed E-state index contributed by atoms with van der Waals surface area (Å²) in [7, 11) is 0. The standard InChI is InChI=1S/C18H18ClN5O/c1-11-6-7-12(2)15(8-11)21-18(25)16-17(20)24(23-22-16)10-13-4-3-5-14(19)9-13/h3-9H,10,20H2,1-2H3,(H,21,25). The maximum Gasteiger partial charge on any atom is 0.280 e. The molecule has 0 aliphatic carbocycles. The summed E-state index contributed by atoms with van der Waals surface area (Å²) in [6.07, 6.45) is 0. The Morgan fingerprint density at radius 2 is 2.04 bits per heavy atom. The van der Waals surface area contributed by atoms with Crippen LogP contribution in [-0.2, 0) is 6.54 Å². The first-order chi connectivity index (χ1) is 11.9. The molecule has 3 aromatic rings. The highest BCUT2D eigenvalue weighted by molar-refractivity contribution is 6.30. The lowest BCUT2D eigenvalue weighted by Gasteiger charge is -2.08. The monoisotopic (exact) mass is 355 g/mol. The SMILES string of the molecule is Cc1ccc(C)c(NC(=O)c2nnn(Cc3cccc(Cl)c3)c2N)c1. The van der Waals surface area contributed by atoms with Gasteiger partial charge in [0.15, 0.2) is 11.5 Å². The van der Waals surface area contributed by atoms with E-state index in [1.54, 1.807) is 6.07 Å². The van der Waals surface area contributed by atoms with E-state index in [1.807, 2.05) is 50.2 Å². The van der Waals surface area contributed by atoms with Crippen molar-refractivity contribution in [2.75, 3.05) is 11.1 Å². The molecule has 0 saturated heterocycles. The number of amides is 1. The van der Waals surface area contributed by atoms with Crippen LogP contribution in [0.4, 0.5) is 11.5 Å². The van der Waals surface area contributed by atoms with Crippen molar-refractivity contribution in [3.8, 4) is 0 Å². The number of rotatable bonds is 4. The molecule has 128 valence electrons. The number of nitrogens with one attached hydrogen (secondary N) is 1. The van der Waals surface area contributed by atoms with Crippen LogP contribution in [0.3, 0.4) is 0 Å². The van der Waals surface area contributed by atoms with Crippen molar-refractivity contribution >= 4 is 29.0 Å². The van der Waals surface area contributed by atoms with Gasteiger partial charge in [-0.2, -0.15) is 0 Å². The zero-order valence-electron chi connectivity index (χ0n) is 14.0. The van der Waals surface area contributed by atoms with E-state index in [0.29, 0.717) is 11.6 Å². The van der Waals surface area contributed by atoms with Crippen molar-refractivity contribution in [1.29, 1.82) is 0 Å². The lowest BCUT2D eigenvalue weighted by molar-refractivity contribution is 0.102. The first-order valence-electron chi connectivity index (χ1n) is 7.76. The van der Waals surface area contributed by atoms with Gasteiger partial charge in [0.05, 0.1) is 6.54 Å². The molecule has 0 unspecified atom stereocenters. The number of hydrogen-bond acceptors (Lipinski definition) is 4. The third kappa shape index (κ3) is 3.80. The van der Waals surface area contributed by atoms with Crippen LogP contribution in [0.25, 0.3) is 0 Å². The summed E-state index contributed by atoms with van der Waals surface area (Å²) < 4.78 is 1.48. The van der Waals surface area contributed by atoms with Gasteiger partial charge in [0, 0.05) is 10.7 Å².